The number of rotatable bonds is 2. The second-order valence-electron chi connectivity index (χ2n) is 3.42. The molecule has 0 saturated heterocycles. The zero-order valence-electron chi connectivity index (χ0n) is 8.95. The number of carbonyl (C=O) groups excluding carboxylic acids is 1. The third-order valence-electron chi connectivity index (χ3n) is 2.12. The van der Waals surface area contributed by atoms with Crippen LogP contribution in [0.15, 0.2) is 40.9 Å². The molecule has 18 heavy (non-hydrogen) atoms. The highest BCUT2D eigenvalue weighted by Gasteiger charge is 2.10. The standard InChI is InChI=1S/C12H7BrClIN2O/c13-7-4-5-8(15)10(6-7)17-12(18)9-2-1-3-11(14)16-9/h1-6H,(H,17,18). The van der Waals surface area contributed by atoms with Crippen LogP contribution in [0.2, 0.25) is 5.15 Å². The first-order chi connectivity index (χ1) is 8.56. The molecule has 0 bridgehead atoms. The highest BCUT2D eigenvalue weighted by Crippen LogP contribution is 2.23. The summed E-state index contributed by atoms with van der Waals surface area (Å²) in [7, 11) is 0. The molecule has 1 aromatic heterocycles. The Morgan fingerprint density at radius 1 is 1.33 bits per heavy atom. The fourth-order valence-electron chi connectivity index (χ4n) is 1.31. The quantitative estimate of drug-likeness (QED) is 0.561. The normalized spacial score (nSPS) is 10.2. The van der Waals surface area contributed by atoms with Crippen LogP contribution in [-0.2, 0) is 0 Å². The van der Waals surface area contributed by atoms with Crippen molar-refractivity contribution in [1.82, 2.24) is 4.98 Å². The van der Waals surface area contributed by atoms with Crippen LogP contribution in [0, 0.1) is 3.57 Å². The van der Waals surface area contributed by atoms with Crippen LogP contribution >= 0.6 is 50.1 Å². The minimum absolute atomic E-state index is 0.284. The number of nitrogens with one attached hydrogen (secondary N) is 1. The molecule has 1 heterocycles. The van der Waals surface area contributed by atoms with Crippen molar-refractivity contribution in [3.63, 3.8) is 0 Å². The van der Waals surface area contributed by atoms with Gasteiger partial charge in [-0.25, -0.2) is 4.98 Å². The number of anilines is 1. The van der Waals surface area contributed by atoms with E-state index in [1.807, 2.05) is 18.2 Å². The summed E-state index contributed by atoms with van der Waals surface area (Å²) >= 11 is 11.3. The van der Waals surface area contributed by atoms with E-state index in [4.69, 9.17) is 11.6 Å². The molecule has 0 saturated carbocycles. The Morgan fingerprint density at radius 2 is 2.11 bits per heavy atom. The summed E-state index contributed by atoms with van der Waals surface area (Å²) in [6, 6.07) is 10.6. The third-order valence-corrected chi connectivity index (χ3v) is 3.77. The van der Waals surface area contributed by atoms with Gasteiger partial charge in [-0.3, -0.25) is 4.79 Å². The molecule has 2 aromatic rings. The van der Waals surface area contributed by atoms with Gasteiger partial charge in [-0.1, -0.05) is 33.6 Å². The summed E-state index contributed by atoms with van der Waals surface area (Å²) < 4.78 is 1.85. The van der Waals surface area contributed by atoms with Gasteiger partial charge in [0.25, 0.3) is 5.91 Å². The largest absolute Gasteiger partial charge is 0.320 e. The zero-order valence-corrected chi connectivity index (χ0v) is 13.5. The fourth-order valence-corrected chi connectivity index (χ4v) is 2.31. The summed E-state index contributed by atoms with van der Waals surface area (Å²) in [5, 5.41) is 3.09. The second kappa shape index (κ2) is 5.99. The minimum atomic E-state index is -0.284. The minimum Gasteiger partial charge on any atom is -0.320 e. The number of hydrogen-bond donors (Lipinski definition) is 1. The topological polar surface area (TPSA) is 42.0 Å². The number of amides is 1. The van der Waals surface area contributed by atoms with Crippen molar-refractivity contribution >= 4 is 61.7 Å². The van der Waals surface area contributed by atoms with Crippen molar-refractivity contribution in [2.24, 2.45) is 0 Å². The van der Waals surface area contributed by atoms with E-state index in [1.165, 1.54) is 0 Å². The molecule has 1 amide bonds. The second-order valence-corrected chi connectivity index (χ2v) is 5.89. The Hall–Kier alpha value is -0.660. The molecule has 3 nitrogen and oxygen atoms in total. The molecule has 0 atom stereocenters. The molecular weight excluding hydrogens is 430 g/mol. The van der Waals surface area contributed by atoms with Gasteiger partial charge in [0.2, 0.25) is 0 Å². The molecule has 0 radical (unpaired) electrons. The van der Waals surface area contributed by atoms with E-state index in [-0.39, 0.29) is 5.91 Å². The van der Waals surface area contributed by atoms with E-state index < -0.39 is 0 Å². The van der Waals surface area contributed by atoms with E-state index in [9.17, 15) is 4.79 Å². The van der Waals surface area contributed by atoms with Crippen molar-refractivity contribution in [2.45, 2.75) is 0 Å². The first kappa shape index (κ1) is 13.8. The van der Waals surface area contributed by atoms with Crippen LogP contribution in [-0.4, -0.2) is 10.9 Å². The van der Waals surface area contributed by atoms with Gasteiger partial charge in [-0.15, -0.1) is 0 Å². The number of carbonyl (C=O) groups is 1. The Balaban J connectivity index is 2.24. The Labute approximate surface area is 131 Å². The maximum Gasteiger partial charge on any atom is 0.274 e. The van der Waals surface area contributed by atoms with Crippen LogP contribution < -0.4 is 5.32 Å². The molecule has 0 aliphatic heterocycles. The lowest BCUT2D eigenvalue weighted by Gasteiger charge is -2.07. The van der Waals surface area contributed by atoms with E-state index in [2.05, 4.69) is 48.8 Å². The molecule has 2 rings (SSSR count). The van der Waals surface area contributed by atoms with Crippen molar-refractivity contribution in [1.29, 1.82) is 0 Å². The van der Waals surface area contributed by atoms with Gasteiger partial charge in [-0.05, 0) is 52.9 Å². The van der Waals surface area contributed by atoms with Crippen molar-refractivity contribution in [2.75, 3.05) is 5.32 Å². The first-order valence-electron chi connectivity index (χ1n) is 4.95. The number of pyridine rings is 1. The van der Waals surface area contributed by atoms with Crippen molar-refractivity contribution in [3.8, 4) is 0 Å². The van der Waals surface area contributed by atoms with E-state index in [0.29, 0.717) is 10.8 Å². The summed E-state index contributed by atoms with van der Waals surface area (Å²) in [4.78, 5) is 15.9. The highest BCUT2D eigenvalue weighted by molar-refractivity contribution is 14.1. The zero-order chi connectivity index (χ0) is 13.1. The molecule has 0 spiro atoms. The monoisotopic (exact) mass is 436 g/mol. The van der Waals surface area contributed by atoms with Crippen LogP contribution in [0.4, 0.5) is 5.69 Å². The number of aromatic nitrogens is 1. The van der Waals surface area contributed by atoms with Crippen molar-refractivity contribution < 1.29 is 4.79 Å². The maximum atomic E-state index is 12.0. The molecule has 6 heteroatoms. The fraction of sp³-hybridized carbons (Fsp3) is 0. The molecule has 1 aromatic carbocycles. The summed E-state index contributed by atoms with van der Waals surface area (Å²) in [6.07, 6.45) is 0. The predicted octanol–water partition coefficient (Wildman–Crippen LogP) is 4.35. The number of nitrogens with zero attached hydrogens (tertiary/aromatic N) is 1. The van der Waals surface area contributed by atoms with Gasteiger partial charge in [0.1, 0.15) is 10.8 Å². The Morgan fingerprint density at radius 3 is 2.83 bits per heavy atom. The molecular formula is C12H7BrClIN2O. The van der Waals surface area contributed by atoms with Gasteiger partial charge in [0.05, 0.1) is 5.69 Å². The maximum absolute atomic E-state index is 12.0. The van der Waals surface area contributed by atoms with E-state index in [1.54, 1.807) is 18.2 Å². The lowest BCUT2D eigenvalue weighted by atomic mass is 10.3. The van der Waals surface area contributed by atoms with Gasteiger partial charge < -0.3 is 5.32 Å². The average molecular weight is 437 g/mol. The van der Waals surface area contributed by atoms with Gasteiger partial charge >= 0.3 is 0 Å². The van der Waals surface area contributed by atoms with Crippen LogP contribution in [0.25, 0.3) is 0 Å². The lowest BCUT2D eigenvalue weighted by Crippen LogP contribution is -2.14. The third kappa shape index (κ3) is 3.43. The SMILES string of the molecule is O=C(Nc1cc(Br)ccc1I)c1cccc(Cl)n1. The number of halogens is 3. The van der Waals surface area contributed by atoms with E-state index >= 15 is 0 Å². The number of hydrogen-bond acceptors (Lipinski definition) is 2. The Kier molecular flexibility index (Phi) is 4.58. The molecule has 0 aliphatic carbocycles. The van der Waals surface area contributed by atoms with Crippen LogP contribution in [0.1, 0.15) is 10.5 Å². The van der Waals surface area contributed by atoms with Gasteiger partial charge in [-0.2, -0.15) is 0 Å². The van der Waals surface area contributed by atoms with Crippen molar-refractivity contribution in [3.05, 3.63) is 55.3 Å². The van der Waals surface area contributed by atoms with Crippen LogP contribution in [0.3, 0.4) is 0 Å². The summed E-state index contributed by atoms with van der Waals surface area (Å²) in [6.45, 7) is 0. The molecule has 0 aliphatic rings. The molecule has 92 valence electrons. The van der Waals surface area contributed by atoms with E-state index in [0.717, 1.165) is 13.7 Å². The Bertz CT molecular complexity index is 606. The average Bonchev–Trinajstić information content (AvgIpc) is 2.34. The summed E-state index contributed by atoms with van der Waals surface area (Å²) in [5.74, 6) is -0.284. The highest BCUT2D eigenvalue weighted by atomic mass is 127. The summed E-state index contributed by atoms with van der Waals surface area (Å²) in [5.41, 5.74) is 1.02. The molecule has 1 N–H and O–H groups in total. The first-order valence-corrected chi connectivity index (χ1v) is 7.20. The van der Waals surface area contributed by atoms with Gasteiger partial charge in [0.15, 0.2) is 0 Å². The number of benzene rings is 1. The van der Waals surface area contributed by atoms with Gasteiger partial charge in [0, 0.05) is 8.04 Å². The molecule has 0 unspecified atom stereocenters. The smallest absolute Gasteiger partial charge is 0.274 e. The lowest BCUT2D eigenvalue weighted by molar-refractivity contribution is 0.102. The predicted molar refractivity (Wildman–Crippen MR) is 84.1 cm³/mol. The molecule has 0 fully saturated rings. The van der Waals surface area contributed by atoms with Crippen LogP contribution in [0.5, 0.6) is 0 Å².